The number of thiol groups is 2. The van der Waals surface area contributed by atoms with Crippen LogP contribution in [-0.4, -0.2) is 176 Å². The Morgan fingerprint density at radius 3 is 1.85 bits per heavy atom. The SMILES string of the molecule is CC(=O)N([C@@H](CS)C(=O)NCC(=O)N[C@@H](CCCN=C(N)N)C(=O)NCC(=O)N[C@@H](CC(=O)O)C(=O)N[C@@H](CO)C(=O)N1CCC[C@H]1C(=O)N[C@@H](CS)C(=O)O)C12CC3CC(CC(C3)C1)C2. The number of carbonyl (C=O) groups is 10. The number of carboxylic acids is 2. The van der Waals surface area contributed by atoms with Crippen molar-refractivity contribution in [3.05, 3.63) is 0 Å². The largest absolute Gasteiger partial charge is 0.481 e. The predicted octanol–water partition coefficient (Wildman–Crippen LogP) is -4.20. The quantitative estimate of drug-likeness (QED) is 0.0179. The predicted molar refractivity (Wildman–Crippen MR) is 240 cm³/mol. The van der Waals surface area contributed by atoms with E-state index in [1.165, 1.54) is 6.92 Å². The standard InChI is InChI=1S/C40H63N11O13S2/c1-20(53)51(40-12-21-8-22(13-40)10-23(9-21)14-40)29(19-66)35(60)45-16-30(54)46-24(4-2-6-43-39(41)42)33(58)44-15-31(55)47-25(11-32(56)57)34(59)48-26(17-52)37(62)50-7-3-5-28(50)36(61)49-27(18-65)38(63)64/h21-29,52,65-66H,2-19H2,1H3,(H,44,58)(H,45,60)(H,46,54)(H,47,55)(H,48,59)(H,49,61)(H,56,57)(H,63,64)(H4,41,42,43)/t21?,22?,23?,24-,25-,26-,27-,28-,29-,40?/m0/s1. The summed E-state index contributed by atoms with van der Waals surface area (Å²) in [5.74, 6) is -8.39. The Balaban J connectivity index is 1.35. The molecule has 368 valence electrons. The van der Waals surface area contributed by atoms with Crippen LogP contribution in [0, 0.1) is 17.8 Å². The number of hydrogen-bond acceptors (Lipinski definition) is 14. The number of hydrogen-bond donors (Lipinski definition) is 13. The van der Waals surface area contributed by atoms with Crippen LogP contribution in [0.25, 0.3) is 0 Å². The number of nitrogens with zero attached hydrogens (tertiary/aromatic N) is 3. The molecule has 4 bridgehead atoms. The summed E-state index contributed by atoms with van der Waals surface area (Å²) in [5.41, 5.74) is 10.3. The summed E-state index contributed by atoms with van der Waals surface area (Å²) < 4.78 is 0. The molecule has 0 spiro atoms. The third-order valence-corrected chi connectivity index (χ3v) is 13.3. The van der Waals surface area contributed by atoms with Crippen molar-refractivity contribution in [3.63, 3.8) is 0 Å². The third kappa shape index (κ3) is 14.3. The van der Waals surface area contributed by atoms with Crippen molar-refractivity contribution >= 4 is 90.4 Å². The number of amides is 8. The van der Waals surface area contributed by atoms with E-state index in [1.807, 2.05) is 0 Å². The van der Waals surface area contributed by atoms with Crippen molar-refractivity contribution in [1.82, 2.24) is 41.7 Å². The lowest BCUT2D eigenvalue weighted by atomic mass is 9.52. The molecule has 13 N–H and O–H groups in total. The lowest BCUT2D eigenvalue weighted by Gasteiger charge is -2.61. The second-order valence-electron chi connectivity index (χ2n) is 17.5. The van der Waals surface area contributed by atoms with Crippen LogP contribution in [0.1, 0.15) is 77.6 Å². The van der Waals surface area contributed by atoms with Crippen LogP contribution in [0.3, 0.4) is 0 Å². The van der Waals surface area contributed by atoms with Crippen molar-refractivity contribution in [2.45, 2.75) is 119 Å². The van der Waals surface area contributed by atoms with Gasteiger partial charge in [0.05, 0.1) is 26.1 Å². The van der Waals surface area contributed by atoms with Crippen molar-refractivity contribution in [1.29, 1.82) is 0 Å². The Morgan fingerprint density at radius 1 is 0.773 bits per heavy atom. The fourth-order valence-corrected chi connectivity index (χ4v) is 10.7. The molecule has 8 amide bonds. The number of carboxylic acid groups (broad SMARTS) is 2. The zero-order valence-electron chi connectivity index (χ0n) is 36.7. The van der Waals surface area contributed by atoms with Crippen LogP contribution >= 0.6 is 25.3 Å². The van der Waals surface area contributed by atoms with Crippen molar-refractivity contribution in [2.75, 3.05) is 44.3 Å². The van der Waals surface area contributed by atoms with E-state index in [0.29, 0.717) is 24.2 Å². The van der Waals surface area contributed by atoms with E-state index in [1.54, 1.807) is 4.90 Å². The highest BCUT2D eigenvalue weighted by Crippen LogP contribution is 2.58. The van der Waals surface area contributed by atoms with E-state index >= 15 is 0 Å². The average molecular weight is 970 g/mol. The van der Waals surface area contributed by atoms with E-state index in [0.717, 1.165) is 43.4 Å². The Bertz CT molecular complexity index is 1850. The molecule has 0 unspecified atom stereocenters. The number of guanidine groups is 1. The molecule has 66 heavy (non-hydrogen) atoms. The van der Waals surface area contributed by atoms with Gasteiger partial charge in [-0.05, 0) is 82.0 Å². The number of aliphatic imine (C=N–C) groups is 1. The fraction of sp³-hybridized carbons (Fsp3) is 0.725. The zero-order chi connectivity index (χ0) is 48.9. The number of aliphatic carboxylic acids is 2. The van der Waals surface area contributed by atoms with Gasteiger partial charge in [-0.1, -0.05) is 0 Å². The number of aliphatic hydroxyl groups is 1. The topological polar surface area (TPSA) is 374 Å². The molecule has 0 radical (unpaired) electrons. The highest BCUT2D eigenvalue weighted by atomic mass is 32.1. The first kappa shape index (κ1) is 53.2. The van der Waals surface area contributed by atoms with Crippen LogP contribution in [0.4, 0.5) is 0 Å². The Kier molecular flexibility index (Phi) is 19.7. The Morgan fingerprint density at radius 2 is 1.35 bits per heavy atom. The monoisotopic (exact) mass is 969 g/mol. The molecule has 0 aromatic rings. The summed E-state index contributed by atoms with van der Waals surface area (Å²) in [6.45, 7) is -0.902. The van der Waals surface area contributed by atoms with Crippen LogP contribution in [0.15, 0.2) is 4.99 Å². The molecular formula is C40H63N11O13S2. The highest BCUT2D eigenvalue weighted by Gasteiger charge is 2.56. The van der Waals surface area contributed by atoms with Crippen LogP contribution in [0.2, 0.25) is 0 Å². The van der Waals surface area contributed by atoms with E-state index in [2.05, 4.69) is 62.2 Å². The van der Waals surface area contributed by atoms with Gasteiger partial charge in [-0.2, -0.15) is 25.3 Å². The van der Waals surface area contributed by atoms with Gasteiger partial charge in [0.1, 0.15) is 36.3 Å². The van der Waals surface area contributed by atoms with Crippen molar-refractivity contribution in [3.8, 4) is 0 Å². The summed E-state index contributed by atoms with van der Waals surface area (Å²) in [6, 6.07) is -8.30. The first-order valence-corrected chi connectivity index (χ1v) is 23.2. The van der Waals surface area contributed by atoms with Gasteiger partial charge in [-0.25, -0.2) is 4.79 Å². The maximum atomic E-state index is 13.6. The summed E-state index contributed by atoms with van der Waals surface area (Å²) in [7, 11) is 0. The summed E-state index contributed by atoms with van der Waals surface area (Å²) in [6.07, 6.45) is 5.37. The van der Waals surface area contributed by atoms with Gasteiger partial charge in [-0.15, -0.1) is 0 Å². The summed E-state index contributed by atoms with van der Waals surface area (Å²) in [4.78, 5) is 136. The molecule has 5 aliphatic rings. The Labute approximate surface area is 392 Å². The third-order valence-electron chi connectivity index (χ3n) is 12.6. The molecule has 5 rings (SSSR count). The molecule has 24 nitrogen and oxygen atoms in total. The number of nitrogens with one attached hydrogen (secondary N) is 6. The van der Waals surface area contributed by atoms with Gasteiger partial charge >= 0.3 is 11.9 Å². The molecule has 1 aliphatic heterocycles. The average Bonchev–Trinajstić information content (AvgIpc) is 3.74. The maximum absolute atomic E-state index is 13.6. The van der Waals surface area contributed by atoms with Gasteiger partial charge in [-0.3, -0.25) is 48.1 Å². The van der Waals surface area contributed by atoms with E-state index in [-0.39, 0.29) is 55.7 Å². The minimum Gasteiger partial charge on any atom is -0.481 e. The number of likely N-dealkylation sites (tertiary alicyclic amines) is 1. The van der Waals surface area contributed by atoms with E-state index in [4.69, 9.17) is 11.5 Å². The minimum atomic E-state index is -1.83. The molecule has 26 heteroatoms. The van der Waals surface area contributed by atoms with Gasteiger partial charge in [0.25, 0.3) is 0 Å². The minimum absolute atomic E-state index is 0.00994. The van der Waals surface area contributed by atoms with E-state index in [9.17, 15) is 63.3 Å². The first-order valence-electron chi connectivity index (χ1n) is 21.9. The van der Waals surface area contributed by atoms with Crippen LogP contribution in [0.5, 0.6) is 0 Å². The summed E-state index contributed by atoms with van der Waals surface area (Å²) in [5, 5.41) is 42.8. The number of carbonyl (C=O) groups excluding carboxylic acids is 8. The molecular weight excluding hydrogens is 907 g/mol. The van der Waals surface area contributed by atoms with Crippen LogP contribution in [-0.2, 0) is 47.9 Å². The molecule has 5 fully saturated rings. The molecule has 4 saturated carbocycles. The fourth-order valence-electron chi connectivity index (χ4n) is 10.2. The second-order valence-corrected chi connectivity index (χ2v) is 18.2. The molecule has 1 heterocycles. The lowest BCUT2D eigenvalue weighted by molar-refractivity contribution is -0.159. The normalized spacial score (nSPS) is 23.7. The van der Waals surface area contributed by atoms with Crippen molar-refractivity contribution < 1.29 is 63.3 Å². The second kappa shape index (κ2) is 24.4. The van der Waals surface area contributed by atoms with E-state index < -0.39 is 121 Å². The molecule has 0 aromatic heterocycles. The van der Waals surface area contributed by atoms with Gasteiger partial charge in [0, 0.05) is 37.1 Å². The number of rotatable bonds is 25. The van der Waals surface area contributed by atoms with Gasteiger partial charge < -0.3 is 68.5 Å². The maximum Gasteiger partial charge on any atom is 0.327 e. The molecule has 0 aromatic carbocycles. The smallest absolute Gasteiger partial charge is 0.327 e. The molecule has 1 saturated heterocycles. The van der Waals surface area contributed by atoms with Crippen LogP contribution < -0.4 is 43.4 Å². The lowest BCUT2D eigenvalue weighted by Crippen LogP contribution is -2.66. The highest BCUT2D eigenvalue weighted by molar-refractivity contribution is 7.80. The van der Waals surface area contributed by atoms with Gasteiger partial charge in [0.2, 0.25) is 47.3 Å². The zero-order valence-corrected chi connectivity index (χ0v) is 38.5. The first-order chi connectivity index (χ1) is 31.2. The van der Waals surface area contributed by atoms with Crippen molar-refractivity contribution in [2.24, 2.45) is 34.2 Å². The Hall–Kier alpha value is -5.37. The van der Waals surface area contributed by atoms with Gasteiger partial charge in [0.15, 0.2) is 5.96 Å². The number of nitrogens with two attached hydrogens (primary N) is 2. The molecule has 6 atom stereocenters. The molecule has 4 aliphatic carbocycles. The number of aliphatic hydroxyl groups excluding tert-OH is 1. The summed E-state index contributed by atoms with van der Waals surface area (Å²) >= 11 is 8.34.